The highest BCUT2D eigenvalue weighted by Gasteiger charge is 2.12. The maximum Gasteiger partial charge on any atom is 0.160 e. The summed E-state index contributed by atoms with van der Waals surface area (Å²) < 4.78 is 14.6. The summed E-state index contributed by atoms with van der Waals surface area (Å²) in [5.74, 6) is -0.401. The lowest BCUT2D eigenvalue weighted by molar-refractivity contribution is 0.101. The largest absolute Gasteiger partial charge is 0.294 e. The summed E-state index contributed by atoms with van der Waals surface area (Å²) in [6, 6.07) is 11.7. The van der Waals surface area contributed by atoms with Gasteiger partial charge in [-0.3, -0.25) is 4.79 Å². The molecule has 0 aliphatic heterocycles. The third-order valence-corrected chi connectivity index (χ3v) is 3.02. The van der Waals surface area contributed by atoms with Crippen LogP contribution >= 0.6 is 15.9 Å². The number of hydrogen-bond donors (Lipinski definition) is 0. The van der Waals surface area contributed by atoms with E-state index in [1.165, 1.54) is 13.0 Å². The van der Waals surface area contributed by atoms with Crippen molar-refractivity contribution >= 4 is 21.7 Å². The number of halogens is 2. The molecule has 0 N–H and O–H groups in total. The summed E-state index contributed by atoms with van der Waals surface area (Å²) in [5, 5.41) is 0. The second kappa shape index (κ2) is 4.80. The number of ketones is 1. The number of benzene rings is 2. The minimum absolute atomic E-state index is 0.0695. The second-order valence-corrected chi connectivity index (χ2v) is 4.64. The van der Waals surface area contributed by atoms with Gasteiger partial charge in [0, 0.05) is 15.6 Å². The zero-order valence-corrected chi connectivity index (χ0v) is 10.8. The van der Waals surface area contributed by atoms with Crippen molar-refractivity contribution in [3.63, 3.8) is 0 Å². The van der Waals surface area contributed by atoms with Crippen LogP contribution in [-0.4, -0.2) is 5.78 Å². The van der Waals surface area contributed by atoms with Gasteiger partial charge >= 0.3 is 0 Å². The molecule has 0 bridgehead atoms. The maximum absolute atomic E-state index is 13.8. The summed E-state index contributed by atoms with van der Waals surface area (Å²) in [5.41, 5.74) is 1.59. The number of carbonyl (C=O) groups excluding carboxylic acids is 1. The normalized spacial score (nSPS) is 10.3. The predicted octanol–water partition coefficient (Wildman–Crippen LogP) is 4.46. The van der Waals surface area contributed by atoms with Crippen molar-refractivity contribution in [3.05, 3.63) is 58.3 Å². The van der Waals surface area contributed by atoms with E-state index in [0.29, 0.717) is 16.7 Å². The van der Waals surface area contributed by atoms with E-state index in [1.54, 1.807) is 36.4 Å². The van der Waals surface area contributed by atoms with Gasteiger partial charge in [0.15, 0.2) is 5.78 Å². The van der Waals surface area contributed by atoms with Crippen molar-refractivity contribution in [2.75, 3.05) is 0 Å². The number of carbonyl (C=O) groups is 1. The molecule has 0 aromatic heterocycles. The van der Waals surface area contributed by atoms with E-state index < -0.39 is 0 Å². The molecule has 3 heteroatoms. The van der Waals surface area contributed by atoms with E-state index in [1.807, 2.05) is 0 Å². The fourth-order valence-electron chi connectivity index (χ4n) is 1.73. The van der Waals surface area contributed by atoms with E-state index in [9.17, 15) is 9.18 Å². The Balaban J connectivity index is 2.68. The summed E-state index contributed by atoms with van der Waals surface area (Å²) in [7, 11) is 0. The van der Waals surface area contributed by atoms with Crippen molar-refractivity contribution in [1.29, 1.82) is 0 Å². The van der Waals surface area contributed by atoms with Gasteiger partial charge in [-0.1, -0.05) is 40.2 Å². The molecule has 0 aliphatic carbocycles. The van der Waals surface area contributed by atoms with Crippen molar-refractivity contribution in [3.8, 4) is 11.1 Å². The number of rotatable bonds is 2. The maximum atomic E-state index is 13.8. The highest BCUT2D eigenvalue weighted by molar-refractivity contribution is 9.10. The molecule has 0 aliphatic rings. The summed E-state index contributed by atoms with van der Waals surface area (Å²) in [6.45, 7) is 1.48. The fraction of sp³-hybridized carbons (Fsp3) is 0.0714. The Bertz CT molecular complexity index is 578. The molecule has 0 saturated carbocycles. The van der Waals surface area contributed by atoms with Gasteiger partial charge < -0.3 is 0 Å². The number of hydrogen-bond acceptors (Lipinski definition) is 1. The van der Waals surface area contributed by atoms with Gasteiger partial charge in [-0.05, 0) is 30.7 Å². The van der Waals surface area contributed by atoms with Gasteiger partial charge in [-0.2, -0.15) is 0 Å². The quantitative estimate of drug-likeness (QED) is 0.747. The van der Waals surface area contributed by atoms with Crippen LogP contribution in [0.3, 0.4) is 0 Å². The van der Waals surface area contributed by atoms with Crippen LogP contribution in [0, 0.1) is 5.82 Å². The molecule has 0 fully saturated rings. The summed E-state index contributed by atoms with van der Waals surface area (Å²) in [6.07, 6.45) is 0. The second-order valence-electron chi connectivity index (χ2n) is 3.73. The smallest absolute Gasteiger partial charge is 0.160 e. The van der Waals surface area contributed by atoms with Crippen molar-refractivity contribution in [1.82, 2.24) is 0 Å². The first-order valence-electron chi connectivity index (χ1n) is 5.15. The zero-order chi connectivity index (χ0) is 12.4. The molecule has 0 saturated heterocycles. The van der Waals surface area contributed by atoms with Crippen LogP contribution in [-0.2, 0) is 0 Å². The van der Waals surface area contributed by atoms with E-state index in [-0.39, 0.29) is 11.6 Å². The lowest BCUT2D eigenvalue weighted by Gasteiger charge is -2.08. The van der Waals surface area contributed by atoms with Gasteiger partial charge in [0.2, 0.25) is 0 Å². The first-order chi connectivity index (χ1) is 8.09. The molecule has 0 spiro atoms. The minimum atomic E-state index is -0.332. The Morgan fingerprint density at radius 3 is 2.53 bits per heavy atom. The van der Waals surface area contributed by atoms with Crippen LogP contribution in [0.2, 0.25) is 0 Å². The van der Waals surface area contributed by atoms with Crippen molar-refractivity contribution < 1.29 is 9.18 Å². The topological polar surface area (TPSA) is 17.1 Å². The minimum Gasteiger partial charge on any atom is -0.294 e. The molecular formula is C14H10BrFO. The van der Waals surface area contributed by atoms with E-state index in [4.69, 9.17) is 0 Å². The molecule has 0 amide bonds. The van der Waals surface area contributed by atoms with Crippen LogP contribution in [0.15, 0.2) is 46.9 Å². The standard InChI is InChI=1S/C14H10BrFO/c1-9(17)11-4-2-3-5-12(11)13-8-10(15)6-7-14(13)16/h2-8H,1H3. The average molecular weight is 293 g/mol. The molecule has 2 rings (SSSR count). The third kappa shape index (κ3) is 2.44. The van der Waals surface area contributed by atoms with Crippen molar-refractivity contribution in [2.45, 2.75) is 6.92 Å². The predicted molar refractivity (Wildman–Crippen MR) is 69.5 cm³/mol. The van der Waals surface area contributed by atoms with Crippen LogP contribution in [0.4, 0.5) is 4.39 Å². The van der Waals surface area contributed by atoms with Gasteiger partial charge in [0.1, 0.15) is 5.82 Å². The molecule has 1 nitrogen and oxygen atoms in total. The Labute approximate surface area is 107 Å². The van der Waals surface area contributed by atoms with Crippen LogP contribution in [0.1, 0.15) is 17.3 Å². The summed E-state index contributed by atoms with van der Waals surface area (Å²) >= 11 is 3.30. The van der Waals surface area contributed by atoms with Gasteiger partial charge in [-0.25, -0.2) is 4.39 Å². The van der Waals surface area contributed by atoms with Crippen LogP contribution in [0.5, 0.6) is 0 Å². The SMILES string of the molecule is CC(=O)c1ccccc1-c1cc(Br)ccc1F. The van der Waals surface area contributed by atoms with E-state index in [0.717, 1.165) is 4.47 Å². The molecule has 86 valence electrons. The Hall–Kier alpha value is -1.48. The Morgan fingerprint density at radius 1 is 1.12 bits per heavy atom. The van der Waals surface area contributed by atoms with Crippen LogP contribution in [0.25, 0.3) is 11.1 Å². The molecule has 0 radical (unpaired) electrons. The highest BCUT2D eigenvalue weighted by Crippen LogP contribution is 2.29. The van der Waals surface area contributed by atoms with Gasteiger partial charge in [0.25, 0.3) is 0 Å². The van der Waals surface area contributed by atoms with E-state index in [2.05, 4.69) is 15.9 Å². The Morgan fingerprint density at radius 2 is 1.82 bits per heavy atom. The monoisotopic (exact) mass is 292 g/mol. The fourth-order valence-corrected chi connectivity index (χ4v) is 2.09. The van der Waals surface area contributed by atoms with Crippen molar-refractivity contribution in [2.24, 2.45) is 0 Å². The molecule has 17 heavy (non-hydrogen) atoms. The average Bonchev–Trinajstić information content (AvgIpc) is 2.32. The van der Waals surface area contributed by atoms with E-state index >= 15 is 0 Å². The molecule has 2 aromatic carbocycles. The van der Waals surface area contributed by atoms with Gasteiger partial charge in [0.05, 0.1) is 0 Å². The lowest BCUT2D eigenvalue weighted by atomic mass is 9.97. The molecule has 0 unspecified atom stereocenters. The molecule has 0 heterocycles. The van der Waals surface area contributed by atoms with Crippen LogP contribution < -0.4 is 0 Å². The Kier molecular flexibility index (Phi) is 3.38. The number of Topliss-reactive ketones (excluding diaryl/α,β-unsaturated/α-hetero) is 1. The zero-order valence-electron chi connectivity index (χ0n) is 9.21. The first-order valence-corrected chi connectivity index (χ1v) is 5.94. The molecular weight excluding hydrogens is 283 g/mol. The first kappa shape index (κ1) is 12.0. The lowest BCUT2D eigenvalue weighted by Crippen LogP contribution is -1.97. The summed E-state index contributed by atoms with van der Waals surface area (Å²) in [4.78, 5) is 11.5. The molecule has 0 atom stereocenters. The molecule has 2 aromatic rings. The van der Waals surface area contributed by atoms with Gasteiger partial charge in [-0.15, -0.1) is 0 Å². The third-order valence-electron chi connectivity index (χ3n) is 2.52. The highest BCUT2D eigenvalue weighted by atomic mass is 79.9.